The first kappa shape index (κ1) is 17.5. The standard InChI is InChI=1S/C21H21N3O2S/c1-14-7-9-15(10-8-14)20-22-17-11-12-24(13-19(17)27-20)21(25)23-16-5-3-4-6-18(16)26-2/h3-10H,11-13H2,1-2H3,(H,23,25). The molecule has 4 rings (SSSR count). The number of urea groups is 1. The number of hydrogen-bond acceptors (Lipinski definition) is 4. The van der Waals surface area contributed by atoms with Crippen molar-refractivity contribution in [1.29, 1.82) is 0 Å². The van der Waals surface area contributed by atoms with Gasteiger partial charge in [0.25, 0.3) is 0 Å². The van der Waals surface area contributed by atoms with Gasteiger partial charge >= 0.3 is 6.03 Å². The van der Waals surface area contributed by atoms with Crippen molar-refractivity contribution in [3.8, 4) is 16.3 Å². The average molecular weight is 379 g/mol. The molecule has 6 heteroatoms. The smallest absolute Gasteiger partial charge is 0.322 e. The second kappa shape index (κ2) is 7.40. The van der Waals surface area contributed by atoms with Crippen molar-refractivity contribution in [2.45, 2.75) is 19.9 Å². The van der Waals surface area contributed by atoms with Gasteiger partial charge in [0.2, 0.25) is 0 Å². The number of ether oxygens (including phenoxy) is 1. The van der Waals surface area contributed by atoms with E-state index in [-0.39, 0.29) is 6.03 Å². The van der Waals surface area contributed by atoms with Crippen LogP contribution < -0.4 is 10.1 Å². The summed E-state index contributed by atoms with van der Waals surface area (Å²) in [6.07, 6.45) is 0.775. The normalized spacial score (nSPS) is 13.2. The molecule has 1 aliphatic heterocycles. The first-order valence-electron chi connectivity index (χ1n) is 8.88. The van der Waals surface area contributed by atoms with E-state index >= 15 is 0 Å². The first-order valence-corrected chi connectivity index (χ1v) is 9.70. The molecule has 0 atom stereocenters. The SMILES string of the molecule is COc1ccccc1NC(=O)N1CCc2nc(-c3ccc(C)cc3)sc2C1. The predicted octanol–water partition coefficient (Wildman–Crippen LogP) is 4.72. The van der Waals surface area contributed by atoms with Gasteiger partial charge in [0.1, 0.15) is 10.8 Å². The molecule has 1 aliphatic rings. The van der Waals surface area contributed by atoms with E-state index in [9.17, 15) is 4.79 Å². The van der Waals surface area contributed by atoms with E-state index in [4.69, 9.17) is 9.72 Å². The first-order chi connectivity index (χ1) is 13.1. The maximum atomic E-state index is 12.7. The van der Waals surface area contributed by atoms with E-state index in [0.717, 1.165) is 27.6 Å². The molecule has 0 aliphatic carbocycles. The quantitative estimate of drug-likeness (QED) is 0.716. The molecule has 0 spiro atoms. The van der Waals surface area contributed by atoms with Crippen LogP contribution in [-0.4, -0.2) is 29.6 Å². The third kappa shape index (κ3) is 3.66. The number of methoxy groups -OCH3 is 1. The number of para-hydroxylation sites is 2. The maximum Gasteiger partial charge on any atom is 0.322 e. The van der Waals surface area contributed by atoms with Gasteiger partial charge in [0, 0.05) is 23.4 Å². The Bertz CT molecular complexity index is 966. The second-order valence-electron chi connectivity index (χ2n) is 6.56. The zero-order valence-electron chi connectivity index (χ0n) is 15.4. The molecule has 0 unspecified atom stereocenters. The number of amides is 2. The summed E-state index contributed by atoms with van der Waals surface area (Å²) in [6, 6.07) is 15.7. The van der Waals surface area contributed by atoms with Gasteiger partial charge in [-0.15, -0.1) is 11.3 Å². The molecule has 5 nitrogen and oxygen atoms in total. The minimum atomic E-state index is -0.115. The summed E-state index contributed by atoms with van der Waals surface area (Å²) in [6.45, 7) is 3.32. The third-order valence-corrected chi connectivity index (χ3v) is 5.80. The van der Waals surface area contributed by atoms with Gasteiger partial charge in [0.15, 0.2) is 0 Å². The zero-order chi connectivity index (χ0) is 18.8. The lowest BCUT2D eigenvalue weighted by atomic mass is 10.1. The number of anilines is 1. The number of aromatic nitrogens is 1. The lowest BCUT2D eigenvalue weighted by molar-refractivity contribution is 0.206. The Morgan fingerprint density at radius 2 is 1.96 bits per heavy atom. The molecule has 1 N–H and O–H groups in total. The summed E-state index contributed by atoms with van der Waals surface area (Å²) in [5.74, 6) is 0.656. The van der Waals surface area contributed by atoms with Gasteiger partial charge in [-0.3, -0.25) is 0 Å². The van der Waals surface area contributed by atoms with Gasteiger partial charge in [-0.1, -0.05) is 42.0 Å². The summed E-state index contributed by atoms with van der Waals surface area (Å²) in [5.41, 5.74) is 4.15. The molecule has 0 saturated heterocycles. The molecule has 0 saturated carbocycles. The number of nitrogens with one attached hydrogen (secondary N) is 1. The highest BCUT2D eigenvalue weighted by molar-refractivity contribution is 7.15. The maximum absolute atomic E-state index is 12.7. The number of aryl methyl sites for hydroxylation is 1. The summed E-state index contributed by atoms with van der Waals surface area (Å²) in [4.78, 5) is 20.5. The summed E-state index contributed by atoms with van der Waals surface area (Å²) in [5, 5.41) is 3.97. The van der Waals surface area contributed by atoms with Crippen molar-refractivity contribution in [1.82, 2.24) is 9.88 Å². The minimum Gasteiger partial charge on any atom is -0.495 e. The molecule has 0 bridgehead atoms. The Morgan fingerprint density at radius 1 is 1.19 bits per heavy atom. The second-order valence-corrected chi connectivity index (χ2v) is 7.64. The van der Waals surface area contributed by atoms with Gasteiger partial charge < -0.3 is 15.0 Å². The monoisotopic (exact) mass is 379 g/mol. The molecule has 2 aromatic carbocycles. The fourth-order valence-corrected chi connectivity index (χ4v) is 4.26. The van der Waals surface area contributed by atoms with Crippen molar-refractivity contribution >= 4 is 23.1 Å². The molecule has 0 fully saturated rings. The third-order valence-electron chi connectivity index (χ3n) is 4.67. The largest absolute Gasteiger partial charge is 0.495 e. The van der Waals surface area contributed by atoms with Crippen LogP contribution >= 0.6 is 11.3 Å². The van der Waals surface area contributed by atoms with E-state index in [2.05, 4.69) is 36.5 Å². The van der Waals surface area contributed by atoms with Gasteiger partial charge in [0.05, 0.1) is 25.0 Å². The highest BCUT2D eigenvalue weighted by atomic mass is 32.1. The van der Waals surface area contributed by atoms with Crippen LogP contribution in [0.4, 0.5) is 10.5 Å². The number of fused-ring (bicyclic) bond motifs is 1. The van der Waals surface area contributed by atoms with E-state index < -0.39 is 0 Å². The van der Waals surface area contributed by atoms with Crippen LogP contribution in [0.5, 0.6) is 5.75 Å². The molecule has 0 radical (unpaired) electrons. The van der Waals surface area contributed by atoms with Crippen LogP contribution in [0, 0.1) is 6.92 Å². The number of carbonyl (C=O) groups is 1. The van der Waals surface area contributed by atoms with Crippen LogP contribution in [0.25, 0.3) is 10.6 Å². The van der Waals surface area contributed by atoms with E-state index in [1.165, 1.54) is 5.56 Å². The summed E-state index contributed by atoms with van der Waals surface area (Å²) in [7, 11) is 1.60. The van der Waals surface area contributed by atoms with Crippen LogP contribution in [0.2, 0.25) is 0 Å². The van der Waals surface area contributed by atoms with Crippen molar-refractivity contribution in [2.75, 3.05) is 19.0 Å². The zero-order valence-corrected chi connectivity index (χ0v) is 16.2. The highest BCUT2D eigenvalue weighted by Crippen LogP contribution is 2.32. The number of hydrogen-bond donors (Lipinski definition) is 1. The number of nitrogens with zero attached hydrogens (tertiary/aromatic N) is 2. The van der Waals surface area contributed by atoms with E-state index in [0.29, 0.717) is 24.5 Å². The molecular formula is C21H21N3O2S. The Balaban J connectivity index is 1.49. The fourth-order valence-electron chi connectivity index (χ4n) is 3.13. The van der Waals surface area contributed by atoms with Crippen LogP contribution in [0.15, 0.2) is 48.5 Å². The Hall–Kier alpha value is -2.86. The van der Waals surface area contributed by atoms with E-state index in [1.807, 2.05) is 29.2 Å². The summed E-state index contributed by atoms with van der Waals surface area (Å²) < 4.78 is 5.31. The average Bonchev–Trinajstić information content (AvgIpc) is 3.12. The molecule has 2 heterocycles. The number of carbonyl (C=O) groups excluding carboxylic acids is 1. The number of benzene rings is 2. The van der Waals surface area contributed by atoms with Crippen LogP contribution in [-0.2, 0) is 13.0 Å². The number of rotatable bonds is 3. The molecule has 3 aromatic rings. The van der Waals surface area contributed by atoms with Crippen molar-refractivity contribution in [3.05, 3.63) is 64.7 Å². The topological polar surface area (TPSA) is 54.5 Å². The molecule has 1 aromatic heterocycles. The Labute approximate surface area is 162 Å². The molecule has 138 valence electrons. The van der Waals surface area contributed by atoms with Gasteiger partial charge in [-0.2, -0.15) is 0 Å². The Morgan fingerprint density at radius 3 is 2.74 bits per heavy atom. The van der Waals surface area contributed by atoms with Crippen LogP contribution in [0.1, 0.15) is 16.1 Å². The Kier molecular flexibility index (Phi) is 4.81. The fraction of sp³-hybridized carbons (Fsp3) is 0.238. The van der Waals surface area contributed by atoms with Gasteiger partial charge in [-0.25, -0.2) is 9.78 Å². The van der Waals surface area contributed by atoms with Crippen molar-refractivity contribution in [2.24, 2.45) is 0 Å². The minimum absolute atomic E-state index is 0.115. The van der Waals surface area contributed by atoms with Crippen molar-refractivity contribution in [3.63, 3.8) is 0 Å². The predicted molar refractivity (Wildman–Crippen MR) is 108 cm³/mol. The molecule has 27 heavy (non-hydrogen) atoms. The summed E-state index contributed by atoms with van der Waals surface area (Å²) >= 11 is 1.67. The lowest BCUT2D eigenvalue weighted by Crippen LogP contribution is -2.38. The molecular weight excluding hydrogens is 358 g/mol. The number of thiazole rings is 1. The highest BCUT2D eigenvalue weighted by Gasteiger charge is 2.25. The van der Waals surface area contributed by atoms with Gasteiger partial charge in [-0.05, 0) is 19.1 Å². The lowest BCUT2D eigenvalue weighted by Gasteiger charge is -2.26. The molecule has 2 amide bonds. The van der Waals surface area contributed by atoms with E-state index in [1.54, 1.807) is 18.4 Å². The van der Waals surface area contributed by atoms with Crippen molar-refractivity contribution < 1.29 is 9.53 Å². The van der Waals surface area contributed by atoms with Crippen LogP contribution in [0.3, 0.4) is 0 Å².